The summed E-state index contributed by atoms with van der Waals surface area (Å²) >= 11 is 0. The second kappa shape index (κ2) is 3.60. The molecule has 92 valence electrons. The molecular formula is C11H19NO4. The molecule has 0 aromatic heterocycles. The molecule has 1 N–H and O–H groups in total. The summed E-state index contributed by atoms with van der Waals surface area (Å²) in [5.41, 5.74) is -2.17. The van der Waals surface area contributed by atoms with Crippen molar-refractivity contribution in [2.75, 3.05) is 13.2 Å². The highest BCUT2D eigenvalue weighted by Gasteiger charge is 2.56. The van der Waals surface area contributed by atoms with Gasteiger partial charge in [0.05, 0.1) is 12.6 Å². The van der Waals surface area contributed by atoms with Gasteiger partial charge in [0.1, 0.15) is 0 Å². The highest BCUT2D eigenvalue weighted by atomic mass is 16.6. The monoisotopic (exact) mass is 229 g/mol. The van der Waals surface area contributed by atoms with Gasteiger partial charge < -0.3 is 14.6 Å². The lowest BCUT2D eigenvalue weighted by Gasteiger charge is -2.35. The lowest BCUT2D eigenvalue weighted by atomic mass is 9.95. The summed E-state index contributed by atoms with van der Waals surface area (Å²) in [7, 11) is 0. The first-order valence-corrected chi connectivity index (χ1v) is 5.69. The van der Waals surface area contributed by atoms with Crippen LogP contribution in [-0.2, 0) is 9.47 Å². The topological polar surface area (TPSA) is 59.0 Å². The Morgan fingerprint density at radius 1 is 1.50 bits per heavy atom. The molecule has 0 saturated carbocycles. The number of nitrogens with zero attached hydrogens (tertiary/aromatic N) is 1. The Kier molecular flexibility index (Phi) is 2.62. The smallest absolute Gasteiger partial charge is 0.412 e. The molecule has 1 amide bonds. The van der Waals surface area contributed by atoms with Gasteiger partial charge in [0, 0.05) is 6.61 Å². The number of aliphatic hydroxyl groups is 1. The van der Waals surface area contributed by atoms with Gasteiger partial charge in [0.15, 0.2) is 11.3 Å². The van der Waals surface area contributed by atoms with E-state index in [-0.39, 0.29) is 6.10 Å². The maximum atomic E-state index is 11.7. The molecule has 0 bridgehead atoms. The first-order chi connectivity index (χ1) is 7.34. The third-order valence-electron chi connectivity index (χ3n) is 3.64. The van der Waals surface area contributed by atoms with E-state index in [9.17, 15) is 9.90 Å². The SMILES string of the molecule is CC1(C)OC(=O)N(CC2CCCO2)C1(C)O. The Bertz CT molecular complexity index is 294. The second-order valence-corrected chi connectivity index (χ2v) is 5.14. The van der Waals surface area contributed by atoms with E-state index in [1.54, 1.807) is 20.8 Å². The van der Waals surface area contributed by atoms with Crippen molar-refractivity contribution in [3.63, 3.8) is 0 Å². The Morgan fingerprint density at radius 3 is 2.62 bits per heavy atom. The Morgan fingerprint density at radius 2 is 2.19 bits per heavy atom. The minimum atomic E-state index is -1.28. The summed E-state index contributed by atoms with van der Waals surface area (Å²) in [6.07, 6.45) is 1.50. The fraction of sp³-hybridized carbons (Fsp3) is 0.909. The van der Waals surface area contributed by atoms with E-state index in [0.29, 0.717) is 6.54 Å². The molecular weight excluding hydrogens is 210 g/mol. The molecule has 0 aromatic rings. The van der Waals surface area contributed by atoms with E-state index in [0.717, 1.165) is 19.4 Å². The summed E-state index contributed by atoms with van der Waals surface area (Å²) < 4.78 is 10.6. The van der Waals surface area contributed by atoms with Crippen LogP contribution in [0.3, 0.4) is 0 Å². The van der Waals surface area contributed by atoms with Crippen molar-refractivity contribution in [3.8, 4) is 0 Å². The zero-order chi connectivity index (χ0) is 12.0. The van der Waals surface area contributed by atoms with Crippen LogP contribution in [0.2, 0.25) is 0 Å². The average Bonchev–Trinajstić information content (AvgIpc) is 2.68. The van der Waals surface area contributed by atoms with Gasteiger partial charge in [0.2, 0.25) is 0 Å². The molecule has 0 aliphatic carbocycles. The van der Waals surface area contributed by atoms with Gasteiger partial charge in [-0.3, -0.25) is 4.90 Å². The number of carbonyl (C=O) groups is 1. The van der Waals surface area contributed by atoms with Crippen LogP contribution in [0.15, 0.2) is 0 Å². The second-order valence-electron chi connectivity index (χ2n) is 5.14. The van der Waals surface area contributed by atoms with Crippen molar-refractivity contribution in [2.45, 2.75) is 51.0 Å². The molecule has 0 aromatic carbocycles. The Hall–Kier alpha value is -0.810. The zero-order valence-corrected chi connectivity index (χ0v) is 10.0. The van der Waals surface area contributed by atoms with E-state index in [4.69, 9.17) is 9.47 Å². The predicted molar refractivity (Wildman–Crippen MR) is 56.9 cm³/mol. The molecule has 2 atom stereocenters. The molecule has 5 heteroatoms. The van der Waals surface area contributed by atoms with E-state index in [2.05, 4.69) is 0 Å². The van der Waals surface area contributed by atoms with Gasteiger partial charge in [-0.1, -0.05) is 0 Å². The zero-order valence-electron chi connectivity index (χ0n) is 10.0. The summed E-state index contributed by atoms with van der Waals surface area (Å²) in [6.45, 7) is 6.15. The van der Waals surface area contributed by atoms with E-state index >= 15 is 0 Å². The molecule has 2 unspecified atom stereocenters. The molecule has 2 saturated heterocycles. The van der Waals surface area contributed by atoms with Gasteiger partial charge in [-0.2, -0.15) is 0 Å². The highest BCUT2D eigenvalue weighted by molar-refractivity contribution is 5.72. The largest absolute Gasteiger partial charge is 0.438 e. The lowest BCUT2D eigenvalue weighted by molar-refractivity contribution is -0.133. The molecule has 2 aliphatic rings. The van der Waals surface area contributed by atoms with Crippen LogP contribution in [-0.4, -0.2) is 46.7 Å². The number of rotatable bonds is 2. The number of amides is 1. The van der Waals surface area contributed by atoms with Gasteiger partial charge in [-0.05, 0) is 33.6 Å². The lowest BCUT2D eigenvalue weighted by Crippen LogP contribution is -2.55. The first-order valence-electron chi connectivity index (χ1n) is 5.69. The molecule has 0 spiro atoms. The fourth-order valence-electron chi connectivity index (χ4n) is 2.12. The minimum Gasteiger partial charge on any atom is -0.438 e. The van der Waals surface area contributed by atoms with Crippen LogP contribution in [0.5, 0.6) is 0 Å². The third-order valence-corrected chi connectivity index (χ3v) is 3.64. The molecule has 0 radical (unpaired) electrons. The van der Waals surface area contributed by atoms with Crippen molar-refractivity contribution in [2.24, 2.45) is 0 Å². The molecule has 5 nitrogen and oxygen atoms in total. The molecule has 2 aliphatic heterocycles. The van der Waals surface area contributed by atoms with Crippen molar-refractivity contribution in [1.82, 2.24) is 4.90 Å². The van der Waals surface area contributed by atoms with E-state index < -0.39 is 17.4 Å². The fourth-order valence-corrected chi connectivity index (χ4v) is 2.12. The number of hydrogen-bond donors (Lipinski definition) is 1. The van der Waals surface area contributed by atoms with Crippen molar-refractivity contribution < 1.29 is 19.4 Å². The molecule has 2 heterocycles. The van der Waals surface area contributed by atoms with Gasteiger partial charge in [-0.15, -0.1) is 0 Å². The maximum absolute atomic E-state index is 11.7. The molecule has 2 rings (SSSR count). The number of carbonyl (C=O) groups excluding carboxylic acids is 1. The summed E-state index contributed by atoms with van der Waals surface area (Å²) in [5, 5.41) is 10.3. The first kappa shape index (κ1) is 11.7. The van der Waals surface area contributed by atoms with Crippen LogP contribution in [0.25, 0.3) is 0 Å². The predicted octanol–water partition coefficient (Wildman–Crippen LogP) is 1.10. The van der Waals surface area contributed by atoms with Crippen molar-refractivity contribution in [1.29, 1.82) is 0 Å². The van der Waals surface area contributed by atoms with E-state index in [1.807, 2.05) is 0 Å². The van der Waals surface area contributed by atoms with Gasteiger partial charge in [0.25, 0.3) is 0 Å². The number of ether oxygens (including phenoxy) is 2. The summed E-state index contributed by atoms with van der Waals surface area (Å²) in [5.74, 6) is 0. The van der Waals surface area contributed by atoms with E-state index in [1.165, 1.54) is 4.90 Å². The van der Waals surface area contributed by atoms with Crippen LogP contribution >= 0.6 is 0 Å². The Labute approximate surface area is 95.3 Å². The molecule has 2 fully saturated rings. The molecule has 16 heavy (non-hydrogen) atoms. The van der Waals surface area contributed by atoms with Gasteiger partial charge in [-0.25, -0.2) is 4.79 Å². The highest BCUT2D eigenvalue weighted by Crippen LogP contribution is 2.37. The minimum absolute atomic E-state index is 0.0212. The van der Waals surface area contributed by atoms with Crippen LogP contribution in [0.4, 0.5) is 4.79 Å². The number of hydrogen-bond acceptors (Lipinski definition) is 4. The standard InChI is InChI=1S/C11H19NO4/c1-10(2)11(3,14)12(9(13)16-10)7-8-5-4-6-15-8/h8,14H,4-7H2,1-3H3. The van der Waals surface area contributed by atoms with Crippen molar-refractivity contribution >= 4 is 6.09 Å². The number of cyclic esters (lactones) is 1. The van der Waals surface area contributed by atoms with Crippen LogP contribution in [0.1, 0.15) is 33.6 Å². The summed E-state index contributed by atoms with van der Waals surface area (Å²) in [6, 6.07) is 0. The average molecular weight is 229 g/mol. The van der Waals surface area contributed by atoms with Gasteiger partial charge >= 0.3 is 6.09 Å². The maximum Gasteiger partial charge on any atom is 0.412 e. The van der Waals surface area contributed by atoms with Crippen LogP contribution in [0, 0.1) is 0 Å². The van der Waals surface area contributed by atoms with Crippen molar-refractivity contribution in [3.05, 3.63) is 0 Å². The van der Waals surface area contributed by atoms with Crippen LogP contribution < -0.4 is 0 Å². The quantitative estimate of drug-likeness (QED) is 0.770. The summed E-state index contributed by atoms with van der Waals surface area (Å²) in [4.78, 5) is 13.0. The normalized spacial score (nSPS) is 37.9. The third kappa shape index (κ3) is 1.68. The Balaban J connectivity index is 2.11.